The maximum absolute atomic E-state index is 13.5. The van der Waals surface area contributed by atoms with Crippen molar-refractivity contribution in [2.45, 2.75) is 13.1 Å². The fourth-order valence-corrected chi connectivity index (χ4v) is 2.80. The molecular weight excluding hydrogens is 351 g/mol. The van der Waals surface area contributed by atoms with E-state index in [-0.39, 0.29) is 5.82 Å². The van der Waals surface area contributed by atoms with Gasteiger partial charge in [0.25, 0.3) is 0 Å². The number of hydrogen-bond donors (Lipinski definition) is 1. The van der Waals surface area contributed by atoms with Gasteiger partial charge in [0.15, 0.2) is 5.11 Å². The zero-order valence-electron chi connectivity index (χ0n) is 14.3. The van der Waals surface area contributed by atoms with E-state index in [1.165, 1.54) is 12.1 Å². The molecule has 1 aromatic heterocycles. The highest BCUT2D eigenvalue weighted by Gasteiger charge is 2.14. The van der Waals surface area contributed by atoms with E-state index >= 15 is 0 Å². The molecule has 0 aliphatic heterocycles. The number of ether oxygens (including phenoxy) is 1. The summed E-state index contributed by atoms with van der Waals surface area (Å²) in [6.07, 6.45) is 1.62. The second-order valence-electron chi connectivity index (χ2n) is 5.73. The molecule has 0 aliphatic carbocycles. The Morgan fingerprint density at radius 2 is 1.96 bits per heavy atom. The average molecular weight is 370 g/mol. The Bertz CT molecular complexity index is 868. The van der Waals surface area contributed by atoms with E-state index in [1.807, 2.05) is 47.4 Å². The standard InChI is InChI=1S/C20H19FN2O2S/c1-24-18-8-3-7-17(12-18)22-20(26)23(14-19-9-4-10-25-19)13-15-5-2-6-16(21)11-15/h2-12H,13-14H2,1H3,(H,22,26). The minimum atomic E-state index is -0.271. The first-order chi connectivity index (χ1) is 12.6. The lowest BCUT2D eigenvalue weighted by Gasteiger charge is -2.25. The molecule has 0 fully saturated rings. The van der Waals surface area contributed by atoms with Gasteiger partial charge in [0.1, 0.15) is 17.3 Å². The van der Waals surface area contributed by atoms with Gasteiger partial charge in [-0.1, -0.05) is 18.2 Å². The highest BCUT2D eigenvalue weighted by atomic mass is 32.1. The molecular formula is C20H19FN2O2S. The van der Waals surface area contributed by atoms with Crippen LogP contribution in [0, 0.1) is 5.82 Å². The van der Waals surface area contributed by atoms with Crippen LogP contribution in [0.4, 0.5) is 10.1 Å². The van der Waals surface area contributed by atoms with Crippen molar-refractivity contribution < 1.29 is 13.5 Å². The van der Waals surface area contributed by atoms with Crippen LogP contribution in [-0.2, 0) is 13.1 Å². The zero-order chi connectivity index (χ0) is 18.4. The summed E-state index contributed by atoms with van der Waals surface area (Å²) in [5.74, 6) is 1.24. The van der Waals surface area contributed by atoms with Crippen LogP contribution in [0.2, 0.25) is 0 Å². The lowest BCUT2D eigenvalue weighted by molar-refractivity contribution is 0.360. The van der Waals surface area contributed by atoms with E-state index in [9.17, 15) is 4.39 Å². The topological polar surface area (TPSA) is 37.6 Å². The van der Waals surface area contributed by atoms with E-state index in [2.05, 4.69) is 5.32 Å². The molecule has 26 heavy (non-hydrogen) atoms. The molecule has 1 N–H and O–H groups in total. The van der Waals surface area contributed by atoms with Gasteiger partial charge in [-0.15, -0.1) is 0 Å². The number of thiocarbonyl (C=S) groups is 1. The molecule has 0 unspecified atom stereocenters. The van der Waals surface area contributed by atoms with Crippen molar-refractivity contribution >= 4 is 23.0 Å². The summed E-state index contributed by atoms with van der Waals surface area (Å²) in [6.45, 7) is 0.924. The number of methoxy groups -OCH3 is 1. The minimum Gasteiger partial charge on any atom is -0.497 e. The number of benzene rings is 2. The average Bonchev–Trinajstić information content (AvgIpc) is 3.14. The molecule has 0 bridgehead atoms. The molecule has 0 spiro atoms. The van der Waals surface area contributed by atoms with Gasteiger partial charge in [0.2, 0.25) is 0 Å². The van der Waals surface area contributed by atoms with Gasteiger partial charge >= 0.3 is 0 Å². The molecule has 3 aromatic rings. The van der Waals surface area contributed by atoms with Crippen LogP contribution in [0.5, 0.6) is 5.75 Å². The molecule has 0 atom stereocenters. The number of furan rings is 1. The van der Waals surface area contributed by atoms with Crippen LogP contribution < -0.4 is 10.1 Å². The van der Waals surface area contributed by atoms with Crippen LogP contribution in [0.15, 0.2) is 71.3 Å². The summed E-state index contributed by atoms with van der Waals surface area (Å²) in [6, 6.07) is 17.7. The van der Waals surface area contributed by atoms with Gasteiger partial charge in [-0.25, -0.2) is 4.39 Å². The third-order valence-electron chi connectivity index (χ3n) is 3.80. The Morgan fingerprint density at radius 1 is 1.12 bits per heavy atom. The number of anilines is 1. The zero-order valence-corrected chi connectivity index (χ0v) is 15.1. The first kappa shape index (κ1) is 17.9. The van der Waals surface area contributed by atoms with Gasteiger partial charge in [-0.05, 0) is 54.2 Å². The summed E-state index contributed by atoms with van der Waals surface area (Å²) < 4.78 is 24.2. The Kier molecular flexibility index (Phi) is 5.86. The van der Waals surface area contributed by atoms with Crippen LogP contribution in [-0.4, -0.2) is 17.1 Å². The van der Waals surface area contributed by atoms with E-state index in [0.29, 0.717) is 18.2 Å². The molecule has 6 heteroatoms. The second-order valence-corrected chi connectivity index (χ2v) is 6.11. The Morgan fingerprint density at radius 3 is 2.69 bits per heavy atom. The van der Waals surface area contributed by atoms with E-state index < -0.39 is 0 Å². The largest absolute Gasteiger partial charge is 0.497 e. The van der Waals surface area contributed by atoms with E-state index in [4.69, 9.17) is 21.4 Å². The molecule has 3 rings (SSSR count). The predicted molar refractivity (Wildman–Crippen MR) is 104 cm³/mol. The molecule has 0 saturated carbocycles. The molecule has 0 saturated heterocycles. The predicted octanol–water partition coefficient (Wildman–Crippen LogP) is 4.83. The number of halogens is 1. The fraction of sp³-hybridized carbons (Fsp3) is 0.150. The van der Waals surface area contributed by atoms with Crippen molar-refractivity contribution in [2.24, 2.45) is 0 Å². The van der Waals surface area contributed by atoms with Crippen molar-refractivity contribution in [3.63, 3.8) is 0 Å². The normalized spacial score (nSPS) is 10.4. The molecule has 134 valence electrons. The van der Waals surface area contributed by atoms with Crippen molar-refractivity contribution in [2.75, 3.05) is 12.4 Å². The lowest BCUT2D eigenvalue weighted by Crippen LogP contribution is -2.33. The van der Waals surface area contributed by atoms with Gasteiger partial charge in [0.05, 0.1) is 19.9 Å². The molecule has 4 nitrogen and oxygen atoms in total. The van der Waals surface area contributed by atoms with Crippen LogP contribution >= 0.6 is 12.2 Å². The maximum Gasteiger partial charge on any atom is 0.174 e. The third-order valence-corrected chi connectivity index (χ3v) is 4.16. The Balaban J connectivity index is 1.78. The summed E-state index contributed by atoms with van der Waals surface area (Å²) in [5.41, 5.74) is 1.64. The highest BCUT2D eigenvalue weighted by Crippen LogP contribution is 2.19. The summed E-state index contributed by atoms with van der Waals surface area (Å²) >= 11 is 5.58. The minimum absolute atomic E-state index is 0.271. The maximum atomic E-state index is 13.5. The van der Waals surface area contributed by atoms with Crippen molar-refractivity contribution in [3.05, 3.63) is 84.1 Å². The molecule has 0 amide bonds. The van der Waals surface area contributed by atoms with Crippen molar-refractivity contribution in [1.82, 2.24) is 4.90 Å². The highest BCUT2D eigenvalue weighted by molar-refractivity contribution is 7.80. The molecule has 0 aliphatic rings. The number of nitrogens with zero attached hydrogens (tertiary/aromatic N) is 1. The number of rotatable bonds is 6. The van der Waals surface area contributed by atoms with Crippen LogP contribution in [0.25, 0.3) is 0 Å². The Hall–Kier alpha value is -2.86. The number of nitrogens with one attached hydrogen (secondary N) is 1. The van der Waals surface area contributed by atoms with Gasteiger partial charge in [-0.3, -0.25) is 0 Å². The second kappa shape index (κ2) is 8.49. The van der Waals surface area contributed by atoms with Crippen molar-refractivity contribution in [1.29, 1.82) is 0 Å². The molecule has 2 aromatic carbocycles. The first-order valence-corrected chi connectivity index (χ1v) is 8.51. The fourth-order valence-electron chi connectivity index (χ4n) is 2.55. The third kappa shape index (κ3) is 4.83. The first-order valence-electron chi connectivity index (χ1n) is 8.11. The summed E-state index contributed by atoms with van der Waals surface area (Å²) in [7, 11) is 1.62. The lowest BCUT2D eigenvalue weighted by atomic mass is 10.2. The van der Waals surface area contributed by atoms with Gasteiger partial charge < -0.3 is 19.4 Å². The Labute approximate surface area is 157 Å². The van der Waals surface area contributed by atoms with E-state index in [0.717, 1.165) is 22.8 Å². The van der Waals surface area contributed by atoms with Gasteiger partial charge in [0, 0.05) is 18.3 Å². The van der Waals surface area contributed by atoms with Gasteiger partial charge in [-0.2, -0.15) is 0 Å². The molecule has 1 heterocycles. The SMILES string of the molecule is COc1cccc(NC(=S)N(Cc2cccc(F)c2)Cc2ccco2)c1. The quantitative estimate of drug-likeness (QED) is 0.629. The smallest absolute Gasteiger partial charge is 0.174 e. The van der Waals surface area contributed by atoms with Crippen LogP contribution in [0.1, 0.15) is 11.3 Å². The monoisotopic (exact) mass is 370 g/mol. The molecule has 0 radical (unpaired) electrons. The number of hydrogen-bond acceptors (Lipinski definition) is 3. The summed E-state index contributed by atoms with van der Waals surface area (Å²) in [4.78, 5) is 1.92. The van der Waals surface area contributed by atoms with Crippen molar-refractivity contribution in [3.8, 4) is 5.75 Å². The van der Waals surface area contributed by atoms with E-state index in [1.54, 1.807) is 19.4 Å². The summed E-state index contributed by atoms with van der Waals surface area (Å²) in [5, 5.41) is 3.72. The van der Waals surface area contributed by atoms with Crippen LogP contribution in [0.3, 0.4) is 0 Å².